The van der Waals surface area contributed by atoms with Crippen LogP contribution in [-0.4, -0.2) is 53.1 Å². The van der Waals surface area contributed by atoms with Crippen molar-refractivity contribution < 1.29 is 19.1 Å². The van der Waals surface area contributed by atoms with Gasteiger partial charge in [0.25, 0.3) is 11.1 Å². The highest BCUT2D eigenvalue weighted by Gasteiger charge is 2.37. The van der Waals surface area contributed by atoms with Gasteiger partial charge in [0.15, 0.2) is 0 Å². The van der Waals surface area contributed by atoms with Crippen LogP contribution in [0, 0.1) is 12.3 Å². The van der Waals surface area contributed by atoms with E-state index in [0.29, 0.717) is 29.4 Å². The van der Waals surface area contributed by atoms with E-state index < -0.39 is 11.1 Å². The Bertz CT molecular complexity index is 857. The van der Waals surface area contributed by atoms with E-state index in [9.17, 15) is 14.4 Å². The van der Waals surface area contributed by atoms with Crippen molar-refractivity contribution in [3.63, 3.8) is 0 Å². The summed E-state index contributed by atoms with van der Waals surface area (Å²) in [6.07, 6.45) is 8.38. The maximum Gasteiger partial charge on any atom is 0.294 e. The molecule has 0 saturated carbocycles. The Balaban J connectivity index is 2.21. The molecule has 1 aliphatic rings. The van der Waals surface area contributed by atoms with Crippen molar-refractivity contribution in [1.29, 1.82) is 0 Å². The molecule has 1 aromatic rings. The zero-order valence-corrected chi connectivity index (χ0v) is 18.0. The van der Waals surface area contributed by atoms with Gasteiger partial charge in [0.1, 0.15) is 18.9 Å². The Labute approximate surface area is 180 Å². The van der Waals surface area contributed by atoms with Crippen molar-refractivity contribution in [1.82, 2.24) is 9.80 Å². The molecule has 3 amide bonds. The van der Waals surface area contributed by atoms with Crippen LogP contribution in [0.3, 0.4) is 0 Å². The van der Waals surface area contributed by atoms with Gasteiger partial charge in [-0.3, -0.25) is 19.3 Å². The van der Waals surface area contributed by atoms with Gasteiger partial charge in [0.05, 0.1) is 4.91 Å². The first-order valence-corrected chi connectivity index (χ1v) is 10.5. The highest BCUT2D eigenvalue weighted by molar-refractivity contribution is 8.18. The van der Waals surface area contributed by atoms with Crippen LogP contribution in [0.15, 0.2) is 23.1 Å². The highest BCUT2D eigenvalue weighted by Crippen LogP contribution is 2.34. The molecule has 8 heteroatoms. The second kappa shape index (κ2) is 10.9. The summed E-state index contributed by atoms with van der Waals surface area (Å²) < 4.78 is 5.47. The minimum Gasteiger partial charge on any atom is -0.480 e. The summed E-state index contributed by atoms with van der Waals surface area (Å²) in [5.41, 5.74) is 0.531. The Kier molecular flexibility index (Phi) is 8.62. The molecular formula is C21H23ClN2O4S. The van der Waals surface area contributed by atoms with E-state index in [1.807, 2.05) is 13.8 Å². The lowest BCUT2D eigenvalue weighted by molar-refractivity contribution is -0.135. The van der Waals surface area contributed by atoms with Crippen molar-refractivity contribution in [3.8, 4) is 18.1 Å². The minimum atomic E-state index is -0.510. The Morgan fingerprint density at radius 1 is 1.31 bits per heavy atom. The van der Waals surface area contributed by atoms with Crippen LogP contribution in [0.1, 0.15) is 32.3 Å². The number of rotatable bonds is 9. The third-order valence-electron chi connectivity index (χ3n) is 4.08. The van der Waals surface area contributed by atoms with Crippen molar-refractivity contribution >= 4 is 46.5 Å². The molecule has 0 N–H and O–H groups in total. The topological polar surface area (TPSA) is 66.9 Å². The molecule has 0 spiro atoms. The molecule has 0 unspecified atom stereocenters. The summed E-state index contributed by atoms with van der Waals surface area (Å²) in [6.45, 7) is 4.93. The van der Waals surface area contributed by atoms with Gasteiger partial charge in [-0.1, -0.05) is 31.4 Å². The number of benzene rings is 1. The van der Waals surface area contributed by atoms with Gasteiger partial charge in [-0.15, -0.1) is 6.42 Å². The molecule has 1 aromatic carbocycles. The third kappa shape index (κ3) is 6.02. The molecule has 1 aliphatic heterocycles. The summed E-state index contributed by atoms with van der Waals surface area (Å²) in [5.74, 6) is 2.08. The highest BCUT2D eigenvalue weighted by atomic mass is 35.5. The van der Waals surface area contributed by atoms with Crippen LogP contribution < -0.4 is 4.74 Å². The Hall–Kier alpha value is -2.43. The number of carbonyl (C=O) groups excluding carboxylic acids is 3. The van der Waals surface area contributed by atoms with Crippen LogP contribution in [0.5, 0.6) is 5.75 Å². The molecule has 0 bridgehead atoms. The molecule has 0 atom stereocenters. The number of thioether (sulfide) groups is 1. The molecule has 0 aromatic heterocycles. The number of halogens is 1. The number of hydrogen-bond acceptors (Lipinski definition) is 5. The molecule has 0 aliphatic carbocycles. The largest absolute Gasteiger partial charge is 0.480 e. The maximum absolute atomic E-state index is 12.7. The monoisotopic (exact) mass is 434 g/mol. The summed E-state index contributed by atoms with van der Waals surface area (Å²) in [5, 5.41) is -0.0239. The van der Waals surface area contributed by atoms with E-state index in [-0.39, 0.29) is 24.0 Å². The van der Waals surface area contributed by atoms with E-state index in [4.69, 9.17) is 22.8 Å². The quantitative estimate of drug-likeness (QED) is 0.433. The van der Waals surface area contributed by atoms with Crippen LogP contribution in [0.2, 0.25) is 5.02 Å². The second-order valence-corrected chi connectivity index (χ2v) is 7.75. The van der Waals surface area contributed by atoms with Gasteiger partial charge in [-0.05, 0) is 48.9 Å². The average molecular weight is 435 g/mol. The predicted molar refractivity (Wildman–Crippen MR) is 116 cm³/mol. The van der Waals surface area contributed by atoms with Crippen LogP contribution in [0.4, 0.5) is 4.79 Å². The summed E-state index contributed by atoms with van der Waals surface area (Å²) in [6, 6.07) is 4.91. The Morgan fingerprint density at radius 3 is 2.62 bits per heavy atom. The number of hydrogen-bond donors (Lipinski definition) is 0. The molecule has 1 saturated heterocycles. The standard InChI is InChI=1S/C21H23ClN2O4S/c1-4-9-23(10-5-2)19(25)14-24-20(26)18(29-21(24)27)13-15-12-16(22)7-8-17(15)28-11-6-3/h3,7-8,12-13H,4-5,9-11,14H2,1-2H3/b18-13-. The normalized spacial score (nSPS) is 15.0. The van der Waals surface area contributed by atoms with E-state index >= 15 is 0 Å². The van der Waals surface area contributed by atoms with Gasteiger partial charge in [0, 0.05) is 23.7 Å². The molecule has 6 nitrogen and oxygen atoms in total. The first kappa shape index (κ1) is 22.9. The van der Waals surface area contributed by atoms with E-state index in [2.05, 4.69) is 5.92 Å². The van der Waals surface area contributed by atoms with Gasteiger partial charge >= 0.3 is 0 Å². The molecular weight excluding hydrogens is 412 g/mol. The molecule has 1 fully saturated rings. The third-order valence-corrected chi connectivity index (χ3v) is 5.22. The number of nitrogens with zero attached hydrogens (tertiary/aromatic N) is 2. The minimum absolute atomic E-state index is 0.0587. The number of ether oxygens (including phenoxy) is 1. The number of carbonyl (C=O) groups is 3. The summed E-state index contributed by atoms with van der Waals surface area (Å²) in [4.78, 5) is 40.5. The lowest BCUT2D eigenvalue weighted by atomic mass is 10.2. The fraction of sp³-hybridized carbons (Fsp3) is 0.381. The van der Waals surface area contributed by atoms with E-state index in [0.717, 1.165) is 29.5 Å². The smallest absolute Gasteiger partial charge is 0.294 e. The summed E-state index contributed by atoms with van der Waals surface area (Å²) in [7, 11) is 0. The lowest BCUT2D eigenvalue weighted by Crippen LogP contribution is -2.42. The first-order chi connectivity index (χ1) is 13.9. The average Bonchev–Trinajstić information content (AvgIpc) is 2.94. The van der Waals surface area contributed by atoms with E-state index in [1.165, 1.54) is 6.08 Å². The van der Waals surface area contributed by atoms with Crippen LogP contribution in [-0.2, 0) is 9.59 Å². The van der Waals surface area contributed by atoms with Crippen LogP contribution in [0.25, 0.3) is 6.08 Å². The predicted octanol–water partition coefficient (Wildman–Crippen LogP) is 4.04. The van der Waals surface area contributed by atoms with Gasteiger partial charge in [-0.2, -0.15) is 0 Å². The summed E-state index contributed by atoms with van der Waals surface area (Å²) >= 11 is 6.83. The van der Waals surface area contributed by atoms with Crippen LogP contribution >= 0.6 is 23.4 Å². The van der Waals surface area contributed by atoms with Crippen molar-refractivity contribution in [2.45, 2.75) is 26.7 Å². The lowest BCUT2D eigenvalue weighted by Gasteiger charge is -2.23. The number of imide groups is 1. The molecule has 2 rings (SSSR count). The zero-order valence-electron chi connectivity index (χ0n) is 16.4. The molecule has 0 radical (unpaired) electrons. The fourth-order valence-corrected chi connectivity index (χ4v) is 3.81. The second-order valence-electron chi connectivity index (χ2n) is 6.32. The number of amides is 3. The van der Waals surface area contributed by atoms with E-state index in [1.54, 1.807) is 23.1 Å². The maximum atomic E-state index is 12.7. The SMILES string of the molecule is C#CCOc1ccc(Cl)cc1/C=C1\SC(=O)N(CC(=O)N(CCC)CCC)C1=O. The van der Waals surface area contributed by atoms with Gasteiger partial charge in [0.2, 0.25) is 5.91 Å². The van der Waals surface area contributed by atoms with Gasteiger partial charge < -0.3 is 9.64 Å². The van der Waals surface area contributed by atoms with Gasteiger partial charge in [-0.25, -0.2) is 0 Å². The fourth-order valence-electron chi connectivity index (χ4n) is 2.80. The molecule has 154 valence electrons. The van der Waals surface area contributed by atoms with Crippen molar-refractivity contribution in [2.75, 3.05) is 26.2 Å². The zero-order chi connectivity index (χ0) is 21.4. The van der Waals surface area contributed by atoms with Crippen molar-refractivity contribution in [3.05, 3.63) is 33.7 Å². The molecule has 1 heterocycles. The van der Waals surface area contributed by atoms with Crippen molar-refractivity contribution in [2.24, 2.45) is 0 Å². The Morgan fingerprint density at radius 2 is 2.00 bits per heavy atom. The first-order valence-electron chi connectivity index (χ1n) is 9.30. The molecule has 29 heavy (non-hydrogen) atoms. The number of terminal acetylenes is 1.